The molecule has 2 atom stereocenters. The Balaban J connectivity index is 2.58. The lowest BCUT2D eigenvalue weighted by Crippen LogP contribution is -2.34. The fourth-order valence-electron chi connectivity index (χ4n) is 2.63. The Morgan fingerprint density at radius 1 is 1.43 bits per heavy atom. The summed E-state index contributed by atoms with van der Waals surface area (Å²) in [5.41, 5.74) is -0.664. The number of halogens is 2. The normalized spacial score (nSPS) is 23.4. The zero-order valence-corrected chi connectivity index (χ0v) is 13.9. The van der Waals surface area contributed by atoms with Crippen LogP contribution in [0.15, 0.2) is 21.5 Å². The third-order valence-corrected chi connectivity index (χ3v) is 5.98. The second kappa shape index (κ2) is 5.66. The summed E-state index contributed by atoms with van der Waals surface area (Å²) in [6.07, 6.45) is 0.695. The van der Waals surface area contributed by atoms with Crippen LogP contribution in [0.25, 0.3) is 0 Å². The summed E-state index contributed by atoms with van der Waals surface area (Å²) in [4.78, 5) is 10.4. The Bertz CT molecular complexity index is 692. The fourth-order valence-corrected chi connectivity index (χ4v) is 5.12. The van der Waals surface area contributed by atoms with Crippen molar-refractivity contribution in [2.45, 2.75) is 31.2 Å². The third-order valence-electron chi connectivity index (χ3n) is 3.55. The van der Waals surface area contributed by atoms with Gasteiger partial charge in [0.05, 0.1) is 5.56 Å². The molecule has 0 amide bonds. The van der Waals surface area contributed by atoms with E-state index in [2.05, 4.69) is 15.9 Å². The Hall–Kier alpha value is -0.990. The van der Waals surface area contributed by atoms with Gasteiger partial charge in [0, 0.05) is 17.1 Å². The van der Waals surface area contributed by atoms with Crippen LogP contribution >= 0.6 is 15.9 Å². The summed E-state index contributed by atoms with van der Waals surface area (Å²) in [6, 6.07) is 1.91. The maximum atomic E-state index is 14.3. The first kappa shape index (κ1) is 16.4. The molecule has 1 aromatic rings. The van der Waals surface area contributed by atoms with E-state index in [1.807, 2.05) is 6.92 Å². The lowest BCUT2D eigenvalue weighted by Gasteiger charge is -2.21. The van der Waals surface area contributed by atoms with Crippen molar-refractivity contribution < 1.29 is 22.7 Å². The van der Waals surface area contributed by atoms with Crippen molar-refractivity contribution in [3.8, 4) is 0 Å². The maximum Gasteiger partial charge on any atom is 0.338 e. The van der Waals surface area contributed by atoms with Crippen LogP contribution in [-0.4, -0.2) is 36.4 Å². The molecule has 1 aliphatic rings. The highest BCUT2D eigenvalue weighted by molar-refractivity contribution is 9.10. The third kappa shape index (κ3) is 2.97. The summed E-state index contributed by atoms with van der Waals surface area (Å²) in [6.45, 7) is 3.98. The largest absolute Gasteiger partial charge is 0.478 e. The second-order valence-corrected chi connectivity index (χ2v) is 8.11. The van der Waals surface area contributed by atoms with Gasteiger partial charge in [0.25, 0.3) is 0 Å². The first-order chi connectivity index (χ1) is 9.64. The molecule has 0 saturated carbocycles. The first-order valence-corrected chi connectivity index (χ1v) is 8.62. The highest BCUT2D eigenvalue weighted by atomic mass is 79.9. The highest BCUT2D eigenvalue weighted by Crippen LogP contribution is 2.32. The molecule has 1 saturated heterocycles. The average molecular weight is 380 g/mol. The molecule has 0 radical (unpaired) electrons. The van der Waals surface area contributed by atoms with Crippen LogP contribution in [0.4, 0.5) is 4.39 Å². The quantitative estimate of drug-likeness (QED) is 0.875. The van der Waals surface area contributed by atoms with Gasteiger partial charge in [-0.15, -0.1) is 0 Å². The van der Waals surface area contributed by atoms with Crippen molar-refractivity contribution in [2.24, 2.45) is 5.92 Å². The van der Waals surface area contributed by atoms with Gasteiger partial charge in [-0.1, -0.05) is 22.9 Å². The number of benzene rings is 1. The number of carbonyl (C=O) groups is 1. The van der Waals surface area contributed by atoms with Crippen molar-refractivity contribution in [3.05, 3.63) is 28.0 Å². The van der Waals surface area contributed by atoms with E-state index in [9.17, 15) is 17.6 Å². The predicted octanol–water partition coefficient (Wildman–Crippen LogP) is 2.71. The Kier molecular flexibility index (Phi) is 4.41. The van der Waals surface area contributed by atoms with E-state index in [-0.39, 0.29) is 16.4 Å². The molecule has 2 rings (SSSR count). The number of carboxylic acids is 1. The summed E-state index contributed by atoms with van der Waals surface area (Å²) in [5, 5.41) is 8.97. The predicted molar refractivity (Wildman–Crippen MR) is 78.2 cm³/mol. The van der Waals surface area contributed by atoms with E-state index < -0.39 is 32.3 Å². The molecule has 0 spiro atoms. The first-order valence-electron chi connectivity index (χ1n) is 6.38. The monoisotopic (exact) mass is 379 g/mol. The van der Waals surface area contributed by atoms with Crippen LogP contribution < -0.4 is 0 Å². The van der Waals surface area contributed by atoms with Gasteiger partial charge in [-0.05, 0) is 31.4 Å². The van der Waals surface area contributed by atoms with E-state index in [4.69, 9.17) is 5.11 Å². The molecule has 0 aliphatic carbocycles. The molecule has 1 aliphatic heterocycles. The van der Waals surface area contributed by atoms with Gasteiger partial charge in [-0.25, -0.2) is 17.6 Å². The van der Waals surface area contributed by atoms with Gasteiger partial charge in [0.15, 0.2) is 5.82 Å². The maximum absolute atomic E-state index is 14.3. The number of sulfonamides is 1. The zero-order chi connectivity index (χ0) is 15.9. The summed E-state index contributed by atoms with van der Waals surface area (Å²) in [5.74, 6) is -2.55. The number of rotatable bonds is 3. The molecule has 1 fully saturated rings. The van der Waals surface area contributed by atoms with Gasteiger partial charge >= 0.3 is 5.97 Å². The standard InChI is InChI=1S/C13H15BrFNO4S/c1-7-3-8(2)16(6-7)21(19,20)11-5-9(14)4-10(12(11)15)13(17)18/h4-5,7-8H,3,6H2,1-2H3,(H,17,18). The Labute approximate surface area is 130 Å². The summed E-state index contributed by atoms with van der Waals surface area (Å²) >= 11 is 3.03. The Morgan fingerprint density at radius 3 is 2.52 bits per heavy atom. The number of carboxylic acid groups (broad SMARTS) is 1. The molecule has 8 heteroatoms. The SMILES string of the molecule is CC1CC(C)N(S(=O)(=O)c2cc(Br)cc(C(=O)O)c2F)C1. The molecule has 1 aromatic carbocycles. The van der Waals surface area contributed by atoms with Crippen molar-refractivity contribution in [3.63, 3.8) is 0 Å². The minimum atomic E-state index is -4.06. The lowest BCUT2D eigenvalue weighted by atomic mass is 10.1. The van der Waals surface area contributed by atoms with Crippen molar-refractivity contribution in [1.29, 1.82) is 0 Å². The van der Waals surface area contributed by atoms with Gasteiger partial charge in [0.1, 0.15) is 4.90 Å². The van der Waals surface area contributed by atoms with E-state index in [1.54, 1.807) is 6.92 Å². The molecule has 0 aromatic heterocycles. The summed E-state index contributed by atoms with van der Waals surface area (Å²) < 4.78 is 40.9. The number of hydrogen-bond donors (Lipinski definition) is 1. The summed E-state index contributed by atoms with van der Waals surface area (Å²) in [7, 11) is -4.06. The van der Waals surface area contributed by atoms with E-state index in [0.717, 1.165) is 12.1 Å². The van der Waals surface area contributed by atoms with Crippen LogP contribution in [0, 0.1) is 11.7 Å². The number of aromatic carboxylic acids is 1. The number of nitrogens with zero attached hydrogens (tertiary/aromatic N) is 1. The topological polar surface area (TPSA) is 74.7 Å². The van der Waals surface area contributed by atoms with Gasteiger partial charge in [0.2, 0.25) is 10.0 Å². The van der Waals surface area contributed by atoms with Gasteiger partial charge in [-0.2, -0.15) is 4.31 Å². The smallest absolute Gasteiger partial charge is 0.338 e. The average Bonchev–Trinajstić information content (AvgIpc) is 2.71. The van der Waals surface area contributed by atoms with Crippen LogP contribution in [0.5, 0.6) is 0 Å². The zero-order valence-electron chi connectivity index (χ0n) is 11.5. The molecular formula is C13H15BrFNO4S. The fraction of sp³-hybridized carbons (Fsp3) is 0.462. The van der Waals surface area contributed by atoms with Crippen LogP contribution in [0.2, 0.25) is 0 Å². The molecular weight excluding hydrogens is 365 g/mol. The van der Waals surface area contributed by atoms with E-state index >= 15 is 0 Å². The van der Waals surface area contributed by atoms with Crippen LogP contribution in [-0.2, 0) is 10.0 Å². The lowest BCUT2D eigenvalue weighted by molar-refractivity contribution is 0.0691. The van der Waals surface area contributed by atoms with Gasteiger partial charge < -0.3 is 5.11 Å². The molecule has 21 heavy (non-hydrogen) atoms. The molecule has 1 N–H and O–H groups in total. The minimum absolute atomic E-state index is 0.184. The molecule has 1 heterocycles. The highest BCUT2D eigenvalue weighted by Gasteiger charge is 2.38. The Morgan fingerprint density at radius 2 is 2.05 bits per heavy atom. The number of hydrogen-bond acceptors (Lipinski definition) is 3. The van der Waals surface area contributed by atoms with Gasteiger partial charge in [-0.3, -0.25) is 0 Å². The molecule has 2 unspecified atom stereocenters. The van der Waals surface area contributed by atoms with Crippen molar-refractivity contribution >= 4 is 31.9 Å². The van der Waals surface area contributed by atoms with E-state index in [0.29, 0.717) is 13.0 Å². The molecule has 0 bridgehead atoms. The van der Waals surface area contributed by atoms with Crippen LogP contribution in [0.3, 0.4) is 0 Å². The van der Waals surface area contributed by atoms with Crippen LogP contribution in [0.1, 0.15) is 30.6 Å². The second-order valence-electron chi connectivity index (χ2n) is 5.34. The molecule has 116 valence electrons. The van der Waals surface area contributed by atoms with E-state index in [1.165, 1.54) is 4.31 Å². The minimum Gasteiger partial charge on any atom is -0.478 e. The van der Waals surface area contributed by atoms with Crippen molar-refractivity contribution in [1.82, 2.24) is 4.31 Å². The molecule has 5 nitrogen and oxygen atoms in total. The van der Waals surface area contributed by atoms with Crippen molar-refractivity contribution in [2.75, 3.05) is 6.54 Å².